The highest BCUT2D eigenvalue weighted by atomic mass is 32.1. The fourth-order valence-corrected chi connectivity index (χ4v) is 4.01. The van der Waals surface area contributed by atoms with Crippen molar-refractivity contribution < 1.29 is 14.3 Å². The third kappa shape index (κ3) is 3.09. The number of anilines is 1. The van der Waals surface area contributed by atoms with Gasteiger partial charge in [0, 0.05) is 22.9 Å². The van der Waals surface area contributed by atoms with Crippen LogP contribution >= 0.6 is 11.3 Å². The van der Waals surface area contributed by atoms with Gasteiger partial charge in [0.05, 0.1) is 11.1 Å². The van der Waals surface area contributed by atoms with Gasteiger partial charge in [-0.3, -0.25) is 14.9 Å². The lowest BCUT2D eigenvalue weighted by Crippen LogP contribution is -2.27. The lowest BCUT2D eigenvalue weighted by molar-refractivity contribution is 0.102. The second kappa shape index (κ2) is 7.27. The molecule has 1 aliphatic rings. The molecule has 0 atom stereocenters. The van der Waals surface area contributed by atoms with Crippen LogP contribution in [0.25, 0.3) is 22.0 Å². The highest BCUT2D eigenvalue weighted by Crippen LogP contribution is 2.36. The number of amides is 1. The minimum absolute atomic E-state index is 0.187. The molecule has 0 saturated heterocycles. The van der Waals surface area contributed by atoms with E-state index in [1.807, 2.05) is 30.5 Å². The maximum Gasteiger partial charge on any atom is 0.278 e. The summed E-state index contributed by atoms with van der Waals surface area (Å²) in [5.41, 5.74) is 1.54. The standard InChI is InChI=1S/C21H16N4O4S/c1-2-25-20(27)14-6-4-3-5-13(14)18(24-25)19(26)23-21-22-15(10-30-21)12-7-8-16-17(9-12)29-11-28-16/h3-10H,2,11H2,1H3,(H,22,23,26). The number of thiazole rings is 1. The molecule has 9 heteroatoms. The summed E-state index contributed by atoms with van der Waals surface area (Å²) in [5.74, 6) is 0.954. The molecule has 2 aromatic carbocycles. The normalized spacial score (nSPS) is 12.3. The highest BCUT2D eigenvalue weighted by molar-refractivity contribution is 7.14. The average molecular weight is 420 g/mol. The zero-order valence-corrected chi connectivity index (χ0v) is 16.7. The predicted octanol–water partition coefficient (Wildman–Crippen LogP) is 3.52. The van der Waals surface area contributed by atoms with Crippen molar-refractivity contribution in [2.45, 2.75) is 13.5 Å². The molecule has 8 nitrogen and oxygen atoms in total. The van der Waals surface area contributed by atoms with Gasteiger partial charge in [-0.15, -0.1) is 11.3 Å². The number of ether oxygens (including phenoxy) is 2. The molecule has 0 aliphatic carbocycles. The number of aromatic nitrogens is 3. The van der Waals surface area contributed by atoms with E-state index in [1.165, 1.54) is 16.0 Å². The van der Waals surface area contributed by atoms with Crippen LogP contribution in [0.3, 0.4) is 0 Å². The molecule has 0 spiro atoms. The van der Waals surface area contributed by atoms with Crippen LogP contribution in [0.2, 0.25) is 0 Å². The first-order valence-electron chi connectivity index (χ1n) is 9.31. The molecule has 150 valence electrons. The molecule has 0 radical (unpaired) electrons. The van der Waals surface area contributed by atoms with Gasteiger partial charge in [0.2, 0.25) is 6.79 Å². The van der Waals surface area contributed by atoms with Crippen LogP contribution in [-0.2, 0) is 6.54 Å². The zero-order valence-electron chi connectivity index (χ0n) is 15.9. The van der Waals surface area contributed by atoms with Gasteiger partial charge in [-0.25, -0.2) is 9.67 Å². The number of fused-ring (bicyclic) bond motifs is 2. The van der Waals surface area contributed by atoms with Crippen molar-refractivity contribution in [2.75, 3.05) is 12.1 Å². The number of nitrogens with one attached hydrogen (secondary N) is 1. The van der Waals surface area contributed by atoms with Crippen molar-refractivity contribution in [3.05, 3.63) is 63.9 Å². The van der Waals surface area contributed by atoms with Crippen molar-refractivity contribution in [2.24, 2.45) is 0 Å². The quantitative estimate of drug-likeness (QED) is 0.543. The number of carbonyl (C=O) groups excluding carboxylic acids is 1. The third-order valence-electron chi connectivity index (χ3n) is 4.78. The molecule has 0 bridgehead atoms. The largest absolute Gasteiger partial charge is 0.454 e. The lowest BCUT2D eigenvalue weighted by atomic mass is 10.1. The number of aryl methyl sites for hydroxylation is 1. The Morgan fingerprint density at radius 3 is 2.80 bits per heavy atom. The molecule has 1 aliphatic heterocycles. The first-order chi connectivity index (χ1) is 14.6. The summed E-state index contributed by atoms with van der Waals surface area (Å²) in [5, 5.41) is 10.3. The SMILES string of the molecule is CCn1nc(C(=O)Nc2nc(-c3ccc4c(c3)OCO4)cs2)c2ccccc2c1=O. The molecule has 1 amide bonds. The first kappa shape index (κ1) is 18.3. The molecule has 2 aromatic heterocycles. The van der Waals surface area contributed by atoms with Crippen LogP contribution in [0.1, 0.15) is 17.4 Å². The Balaban J connectivity index is 1.46. The van der Waals surface area contributed by atoms with E-state index < -0.39 is 5.91 Å². The van der Waals surface area contributed by atoms with Crippen molar-refractivity contribution in [3.8, 4) is 22.8 Å². The number of rotatable bonds is 4. The van der Waals surface area contributed by atoms with Gasteiger partial charge in [0.15, 0.2) is 22.3 Å². The lowest BCUT2D eigenvalue weighted by Gasteiger charge is -2.09. The first-order valence-corrected chi connectivity index (χ1v) is 10.2. The Morgan fingerprint density at radius 1 is 1.17 bits per heavy atom. The van der Waals surface area contributed by atoms with E-state index in [1.54, 1.807) is 24.3 Å². The number of hydrogen-bond acceptors (Lipinski definition) is 7. The fourth-order valence-electron chi connectivity index (χ4n) is 3.29. The van der Waals surface area contributed by atoms with Crippen LogP contribution in [-0.4, -0.2) is 27.5 Å². The Hall–Kier alpha value is -3.72. The fraction of sp³-hybridized carbons (Fsp3) is 0.143. The van der Waals surface area contributed by atoms with E-state index in [0.29, 0.717) is 39.6 Å². The smallest absolute Gasteiger partial charge is 0.278 e. The van der Waals surface area contributed by atoms with Gasteiger partial charge in [0.25, 0.3) is 11.5 Å². The van der Waals surface area contributed by atoms with E-state index in [-0.39, 0.29) is 18.0 Å². The van der Waals surface area contributed by atoms with E-state index in [2.05, 4.69) is 15.4 Å². The van der Waals surface area contributed by atoms with Gasteiger partial charge in [-0.05, 0) is 31.2 Å². The monoisotopic (exact) mass is 420 g/mol. The van der Waals surface area contributed by atoms with Gasteiger partial charge in [-0.2, -0.15) is 5.10 Å². The van der Waals surface area contributed by atoms with Crippen molar-refractivity contribution in [1.82, 2.24) is 14.8 Å². The van der Waals surface area contributed by atoms with Crippen LogP contribution < -0.4 is 20.3 Å². The molecule has 3 heterocycles. The average Bonchev–Trinajstić information content (AvgIpc) is 3.43. The number of benzene rings is 2. The number of nitrogens with zero attached hydrogens (tertiary/aromatic N) is 3. The second-order valence-electron chi connectivity index (χ2n) is 6.58. The summed E-state index contributed by atoms with van der Waals surface area (Å²) in [7, 11) is 0. The predicted molar refractivity (Wildman–Crippen MR) is 113 cm³/mol. The third-order valence-corrected chi connectivity index (χ3v) is 5.53. The second-order valence-corrected chi connectivity index (χ2v) is 7.43. The molecular formula is C21H16N4O4S. The molecule has 4 aromatic rings. The van der Waals surface area contributed by atoms with E-state index >= 15 is 0 Å². The van der Waals surface area contributed by atoms with Crippen molar-refractivity contribution >= 4 is 33.1 Å². The summed E-state index contributed by atoms with van der Waals surface area (Å²) in [4.78, 5) is 29.9. The van der Waals surface area contributed by atoms with Gasteiger partial charge in [0.1, 0.15) is 0 Å². The Morgan fingerprint density at radius 2 is 1.97 bits per heavy atom. The summed E-state index contributed by atoms with van der Waals surface area (Å²) in [6.07, 6.45) is 0. The molecule has 0 unspecified atom stereocenters. The summed E-state index contributed by atoms with van der Waals surface area (Å²) in [6, 6.07) is 12.5. The van der Waals surface area contributed by atoms with E-state index in [4.69, 9.17) is 9.47 Å². The summed E-state index contributed by atoms with van der Waals surface area (Å²) < 4.78 is 12.0. The van der Waals surface area contributed by atoms with Gasteiger partial charge < -0.3 is 9.47 Å². The Kier molecular flexibility index (Phi) is 4.44. The van der Waals surface area contributed by atoms with Crippen LogP contribution in [0.4, 0.5) is 5.13 Å². The minimum atomic E-state index is -0.417. The van der Waals surface area contributed by atoms with Crippen LogP contribution in [0.15, 0.2) is 52.6 Å². The Labute approximate surface area is 174 Å². The molecule has 5 rings (SSSR count). The minimum Gasteiger partial charge on any atom is -0.454 e. The maximum absolute atomic E-state index is 12.9. The maximum atomic E-state index is 12.9. The van der Waals surface area contributed by atoms with Gasteiger partial charge >= 0.3 is 0 Å². The molecular weight excluding hydrogens is 404 g/mol. The summed E-state index contributed by atoms with van der Waals surface area (Å²) in [6.45, 7) is 2.39. The van der Waals surface area contributed by atoms with Gasteiger partial charge in [-0.1, -0.05) is 18.2 Å². The van der Waals surface area contributed by atoms with Crippen molar-refractivity contribution in [3.63, 3.8) is 0 Å². The summed E-state index contributed by atoms with van der Waals surface area (Å²) >= 11 is 1.31. The topological polar surface area (TPSA) is 95.3 Å². The van der Waals surface area contributed by atoms with E-state index in [0.717, 1.165) is 5.56 Å². The molecule has 0 saturated carbocycles. The highest BCUT2D eigenvalue weighted by Gasteiger charge is 2.19. The Bertz CT molecular complexity index is 1340. The molecule has 0 fully saturated rings. The van der Waals surface area contributed by atoms with Crippen LogP contribution in [0.5, 0.6) is 11.5 Å². The zero-order chi connectivity index (χ0) is 20.7. The molecule has 30 heavy (non-hydrogen) atoms. The number of hydrogen-bond donors (Lipinski definition) is 1. The van der Waals surface area contributed by atoms with Crippen LogP contribution in [0, 0.1) is 0 Å². The molecule has 1 N–H and O–H groups in total. The van der Waals surface area contributed by atoms with Crippen molar-refractivity contribution in [1.29, 1.82) is 0 Å². The van der Waals surface area contributed by atoms with E-state index in [9.17, 15) is 9.59 Å². The number of carbonyl (C=O) groups is 1.